The van der Waals surface area contributed by atoms with Gasteiger partial charge in [0.25, 0.3) is 0 Å². The number of rotatable bonds is 2. The summed E-state index contributed by atoms with van der Waals surface area (Å²) in [6.45, 7) is 6.00. The number of halogens is 1. The van der Waals surface area contributed by atoms with Crippen LogP contribution in [-0.4, -0.2) is 41.3 Å². The van der Waals surface area contributed by atoms with E-state index in [1.165, 1.54) is 56.4 Å². The first kappa shape index (κ1) is 14.8. The number of nitrogens with zero attached hydrogens (tertiary/aromatic N) is 2. The number of likely N-dealkylation sites (tertiary alicyclic amines) is 1. The lowest BCUT2D eigenvalue weighted by molar-refractivity contribution is 0.194. The zero-order chi connectivity index (χ0) is 13.4. The molecule has 2 N–H and O–H groups in total. The third-order valence-electron chi connectivity index (χ3n) is 5.09. The molecule has 4 nitrogen and oxygen atoms in total. The SMILES string of the molecule is Cl.c1cc2cn[nH]c2cc1CN1CCC2(CCNCC2)C1. The van der Waals surface area contributed by atoms with Gasteiger partial charge in [0, 0.05) is 18.5 Å². The molecule has 0 saturated carbocycles. The van der Waals surface area contributed by atoms with Gasteiger partial charge in [-0.1, -0.05) is 12.1 Å². The fraction of sp³-hybridized carbons (Fsp3) is 0.562. The third-order valence-corrected chi connectivity index (χ3v) is 5.09. The van der Waals surface area contributed by atoms with Crippen molar-refractivity contribution >= 4 is 23.3 Å². The van der Waals surface area contributed by atoms with Crippen molar-refractivity contribution in [3.8, 4) is 0 Å². The normalized spacial score (nSPS) is 21.7. The summed E-state index contributed by atoms with van der Waals surface area (Å²) in [6, 6.07) is 6.66. The Morgan fingerprint density at radius 2 is 2.05 bits per heavy atom. The number of benzene rings is 1. The number of nitrogens with one attached hydrogen (secondary N) is 2. The molecule has 2 fully saturated rings. The zero-order valence-corrected chi connectivity index (χ0v) is 13.1. The monoisotopic (exact) mass is 306 g/mol. The maximum Gasteiger partial charge on any atom is 0.0653 e. The Labute approximate surface area is 131 Å². The van der Waals surface area contributed by atoms with E-state index in [0.717, 1.165) is 12.1 Å². The molecule has 2 saturated heterocycles. The molecule has 2 aliphatic heterocycles. The van der Waals surface area contributed by atoms with Crippen LogP contribution in [0.2, 0.25) is 0 Å². The molecule has 0 amide bonds. The largest absolute Gasteiger partial charge is 0.317 e. The minimum Gasteiger partial charge on any atom is -0.317 e. The van der Waals surface area contributed by atoms with Gasteiger partial charge >= 0.3 is 0 Å². The molecule has 0 aliphatic carbocycles. The van der Waals surface area contributed by atoms with Gasteiger partial charge in [-0.3, -0.25) is 10.00 Å². The highest BCUT2D eigenvalue weighted by molar-refractivity contribution is 5.85. The van der Waals surface area contributed by atoms with E-state index in [4.69, 9.17) is 0 Å². The third kappa shape index (κ3) is 2.93. The van der Waals surface area contributed by atoms with Crippen molar-refractivity contribution in [3.05, 3.63) is 30.0 Å². The van der Waals surface area contributed by atoms with E-state index >= 15 is 0 Å². The predicted molar refractivity (Wildman–Crippen MR) is 87.8 cm³/mol. The molecule has 0 atom stereocenters. The number of aromatic amines is 1. The van der Waals surface area contributed by atoms with Crippen LogP contribution in [0, 0.1) is 5.41 Å². The Bertz CT molecular complexity index is 603. The van der Waals surface area contributed by atoms with Crippen molar-refractivity contribution in [2.24, 2.45) is 5.41 Å². The number of hydrogen-bond acceptors (Lipinski definition) is 3. The minimum atomic E-state index is 0. The molecule has 114 valence electrons. The second-order valence-corrected chi connectivity index (χ2v) is 6.50. The number of H-pyrrole nitrogens is 1. The van der Waals surface area contributed by atoms with Gasteiger partial charge in [-0.25, -0.2) is 0 Å². The zero-order valence-electron chi connectivity index (χ0n) is 12.3. The van der Waals surface area contributed by atoms with Crippen molar-refractivity contribution in [1.82, 2.24) is 20.4 Å². The van der Waals surface area contributed by atoms with E-state index < -0.39 is 0 Å². The molecule has 1 spiro atoms. The topological polar surface area (TPSA) is 44.0 Å². The lowest BCUT2D eigenvalue weighted by Crippen LogP contribution is -2.38. The van der Waals surface area contributed by atoms with Crippen LogP contribution in [0.4, 0.5) is 0 Å². The number of aromatic nitrogens is 2. The van der Waals surface area contributed by atoms with E-state index in [0.29, 0.717) is 5.41 Å². The van der Waals surface area contributed by atoms with Gasteiger partial charge in [-0.15, -0.1) is 12.4 Å². The second-order valence-electron chi connectivity index (χ2n) is 6.50. The summed E-state index contributed by atoms with van der Waals surface area (Å²) in [6.07, 6.45) is 5.96. The van der Waals surface area contributed by atoms with Gasteiger partial charge in [-0.2, -0.15) is 5.10 Å². The molecule has 3 heterocycles. The summed E-state index contributed by atoms with van der Waals surface area (Å²) in [5, 5.41) is 11.8. The number of hydrogen-bond donors (Lipinski definition) is 2. The minimum absolute atomic E-state index is 0. The molecular weight excluding hydrogens is 284 g/mol. The molecular formula is C16H23ClN4. The van der Waals surface area contributed by atoms with Crippen LogP contribution < -0.4 is 5.32 Å². The van der Waals surface area contributed by atoms with E-state index in [1.54, 1.807) is 0 Å². The number of fused-ring (bicyclic) bond motifs is 1. The highest BCUT2D eigenvalue weighted by atomic mass is 35.5. The molecule has 0 bridgehead atoms. The maximum atomic E-state index is 4.10. The van der Waals surface area contributed by atoms with Gasteiger partial charge < -0.3 is 5.32 Å². The lowest BCUT2D eigenvalue weighted by atomic mass is 9.78. The van der Waals surface area contributed by atoms with Gasteiger partial charge in [-0.05, 0) is 55.9 Å². The van der Waals surface area contributed by atoms with Crippen LogP contribution in [0.3, 0.4) is 0 Å². The summed E-state index contributed by atoms with van der Waals surface area (Å²) in [7, 11) is 0. The van der Waals surface area contributed by atoms with Gasteiger partial charge in [0.2, 0.25) is 0 Å². The standard InChI is InChI=1S/C16H22N4.ClH/c1-2-14-10-18-19-15(14)9-13(1)11-20-8-5-16(12-20)3-6-17-7-4-16;/h1-2,9-10,17H,3-8,11-12H2,(H,18,19);1H. The van der Waals surface area contributed by atoms with Crippen molar-refractivity contribution in [3.63, 3.8) is 0 Å². The Balaban J connectivity index is 0.00000132. The number of piperidine rings is 1. The van der Waals surface area contributed by atoms with Gasteiger partial charge in [0.1, 0.15) is 0 Å². The molecule has 5 heteroatoms. The Morgan fingerprint density at radius 3 is 2.90 bits per heavy atom. The summed E-state index contributed by atoms with van der Waals surface area (Å²) in [5.74, 6) is 0. The van der Waals surface area contributed by atoms with E-state index in [1.807, 2.05) is 6.20 Å². The second kappa shape index (κ2) is 5.95. The predicted octanol–water partition coefficient (Wildman–Crippen LogP) is 2.56. The van der Waals surface area contributed by atoms with E-state index in [-0.39, 0.29) is 12.4 Å². The van der Waals surface area contributed by atoms with Crippen LogP contribution in [-0.2, 0) is 6.54 Å². The molecule has 2 aromatic rings. The van der Waals surface area contributed by atoms with Crippen LogP contribution >= 0.6 is 12.4 Å². The Hall–Kier alpha value is -1.10. The molecule has 0 unspecified atom stereocenters. The van der Waals surface area contributed by atoms with Crippen molar-refractivity contribution < 1.29 is 0 Å². The van der Waals surface area contributed by atoms with Crippen LogP contribution in [0.1, 0.15) is 24.8 Å². The maximum absolute atomic E-state index is 4.10. The Kier molecular flexibility index (Phi) is 4.20. The van der Waals surface area contributed by atoms with Crippen LogP contribution in [0.15, 0.2) is 24.4 Å². The summed E-state index contributed by atoms with van der Waals surface area (Å²) >= 11 is 0. The fourth-order valence-corrected chi connectivity index (χ4v) is 3.87. The summed E-state index contributed by atoms with van der Waals surface area (Å²) < 4.78 is 0. The lowest BCUT2D eigenvalue weighted by Gasteiger charge is -2.33. The quantitative estimate of drug-likeness (QED) is 0.896. The van der Waals surface area contributed by atoms with E-state index in [2.05, 4.69) is 38.6 Å². The summed E-state index contributed by atoms with van der Waals surface area (Å²) in [4.78, 5) is 2.63. The average molecular weight is 307 g/mol. The van der Waals surface area contributed by atoms with Crippen LogP contribution in [0.5, 0.6) is 0 Å². The fourth-order valence-electron chi connectivity index (χ4n) is 3.87. The molecule has 4 rings (SSSR count). The Morgan fingerprint density at radius 1 is 1.19 bits per heavy atom. The van der Waals surface area contributed by atoms with Crippen molar-refractivity contribution in [2.45, 2.75) is 25.8 Å². The molecule has 2 aliphatic rings. The molecule has 1 aromatic heterocycles. The molecule has 21 heavy (non-hydrogen) atoms. The molecule has 1 aromatic carbocycles. The van der Waals surface area contributed by atoms with Crippen molar-refractivity contribution in [2.75, 3.05) is 26.2 Å². The molecule has 0 radical (unpaired) electrons. The van der Waals surface area contributed by atoms with Gasteiger partial charge in [0.15, 0.2) is 0 Å². The summed E-state index contributed by atoms with van der Waals surface area (Å²) in [5.41, 5.74) is 3.15. The van der Waals surface area contributed by atoms with Gasteiger partial charge in [0.05, 0.1) is 11.7 Å². The highest BCUT2D eigenvalue weighted by Crippen LogP contribution is 2.39. The highest BCUT2D eigenvalue weighted by Gasteiger charge is 2.38. The first-order valence-corrected chi connectivity index (χ1v) is 7.68. The van der Waals surface area contributed by atoms with Crippen molar-refractivity contribution in [1.29, 1.82) is 0 Å². The first-order chi connectivity index (χ1) is 9.83. The average Bonchev–Trinajstić information content (AvgIpc) is 3.07. The first-order valence-electron chi connectivity index (χ1n) is 7.68. The smallest absolute Gasteiger partial charge is 0.0653 e. The van der Waals surface area contributed by atoms with E-state index in [9.17, 15) is 0 Å². The van der Waals surface area contributed by atoms with Crippen LogP contribution in [0.25, 0.3) is 10.9 Å².